The first-order valence-electron chi connectivity index (χ1n) is 6.61. The van der Waals surface area contributed by atoms with E-state index in [-0.39, 0.29) is 0 Å². The minimum Gasteiger partial charge on any atom is -0.493 e. The maximum atomic E-state index is 5.68. The van der Waals surface area contributed by atoms with Gasteiger partial charge < -0.3 is 19.9 Å². The standard InChI is InChI=1S/C16H18BrNO3/c1-19-15-4-2-3-5-16(15)21-9-8-20-14-7-6-12(11-18)10-13(14)17/h2-7,10H,8-9,11,18H2,1H3. The molecule has 0 saturated carbocycles. The zero-order valence-electron chi connectivity index (χ0n) is 11.8. The predicted octanol–water partition coefficient (Wildman–Crippen LogP) is 3.37. The number of rotatable bonds is 7. The van der Waals surface area contributed by atoms with Crippen molar-refractivity contribution in [1.82, 2.24) is 0 Å². The summed E-state index contributed by atoms with van der Waals surface area (Å²) in [6.07, 6.45) is 0. The Morgan fingerprint density at radius 3 is 2.24 bits per heavy atom. The first-order valence-corrected chi connectivity index (χ1v) is 7.41. The van der Waals surface area contributed by atoms with Gasteiger partial charge in [0, 0.05) is 6.54 Å². The zero-order chi connectivity index (χ0) is 15.1. The Labute approximate surface area is 132 Å². The van der Waals surface area contributed by atoms with Crippen molar-refractivity contribution in [2.24, 2.45) is 5.73 Å². The summed E-state index contributed by atoms with van der Waals surface area (Å²) in [5, 5.41) is 0. The fraction of sp³-hybridized carbons (Fsp3) is 0.250. The largest absolute Gasteiger partial charge is 0.493 e. The normalized spacial score (nSPS) is 10.2. The van der Waals surface area contributed by atoms with Gasteiger partial charge >= 0.3 is 0 Å². The summed E-state index contributed by atoms with van der Waals surface area (Å²) in [5.74, 6) is 2.20. The summed E-state index contributed by atoms with van der Waals surface area (Å²) in [6, 6.07) is 13.3. The fourth-order valence-electron chi connectivity index (χ4n) is 1.83. The molecule has 112 valence electrons. The van der Waals surface area contributed by atoms with Crippen LogP contribution in [0.15, 0.2) is 46.9 Å². The highest BCUT2D eigenvalue weighted by molar-refractivity contribution is 9.10. The van der Waals surface area contributed by atoms with Gasteiger partial charge in [-0.1, -0.05) is 18.2 Å². The molecule has 2 rings (SSSR count). The van der Waals surface area contributed by atoms with Crippen LogP contribution in [0.3, 0.4) is 0 Å². The molecule has 0 fully saturated rings. The average molecular weight is 352 g/mol. The molecule has 4 nitrogen and oxygen atoms in total. The van der Waals surface area contributed by atoms with E-state index < -0.39 is 0 Å². The van der Waals surface area contributed by atoms with Gasteiger partial charge in [-0.15, -0.1) is 0 Å². The molecular formula is C16H18BrNO3. The second kappa shape index (κ2) is 7.90. The van der Waals surface area contributed by atoms with Crippen LogP contribution in [0.4, 0.5) is 0 Å². The molecule has 2 aromatic carbocycles. The Balaban J connectivity index is 1.85. The SMILES string of the molecule is COc1ccccc1OCCOc1ccc(CN)cc1Br. The van der Waals surface area contributed by atoms with Crippen LogP contribution in [-0.2, 0) is 6.54 Å². The van der Waals surface area contributed by atoms with Crippen molar-refractivity contribution in [3.05, 3.63) is 52.5 Å². The molecule has 2 N–H and O–H groups in total. The second-order valence-corrected chi connectivity index (χ2v) is 5.17. The number of para-hydroxylation sites is 2. The number of nitrogens with two attached hydrogens (primary N) is 1. The number of ether oxygens (including phenoxy) is 3. The molecule has 0 aliphatic rings. The monoisotopic (exact) mass is 351 g/mol. The minimum absolute atomic E-state index is 0.436. The van der Waals surface area contributed by atoms with E-state index in [1.165, 1.54) is 0 Å². The van der Waals surface area contributed by atoms with Gasteiger partial charge in [-0.3, -0.25) is 0 Å². The van der Waals surface area contributed by atoms with E-state index in [9.17, 15) is 0 Å². The third-order valence-electron chi connectivity index (χ3n) is 2.90. The molecule has 0 aliphatic heterocycles. The van der Waals surface area contributed by atoms with Crippen LogP contribution in [0.2, 0.25) is 0 Å². The molecule has 0 radical (unpaired) electrons. The lowest BCUT2D eigenvalue weighted by molar-refractivity contribution is 0.210. The van der Waals surface area contributed by atoms with Crippen LogP contribution >= 0.6 is 15.9 Å². The van der Waals surface area contributed by atoms with Crippen molar-refractivity contribution in [2.45, 2.75) is 6.54 Å². The summed E-state index contributed by atoms with van der Waals surface area (Å²) in [4.78, 5) is 0. The third-order valence-corrected chi connectivity index (χ3v) is 3.52. The fourth-order valence-corrected chi connectivity index (χ4v) is 2.37. The van der Waals surface area contributed by atoms with Crippen molar-refractivity contribution in [3.63, 3.8) is 0 Å². The van der Waals surface area contributed by atoms with Crippen molar-refractivity contribution < 1.29 is 14.2 Å². The molecule has 2 aromatic rings. The minimum atomic E-state index is 0.436. The van der Waals surface area contributed by atoms with Gasteiger partial charge in [0.15, 0.2) is 11.5 Å². The lowest BCUT2D eigenvalue weighted by Gasteiger charge is -2.12. The van der Waals surface area contributed by atoms with Gasteiger partial charge in [0.2, 0.25) is 0 Å². The Morgan fingerprint density at radius 1 is 0.952 bits per heavy atom. The van der Waals surface area contributed by atoms with Gasteiger partial charge in [0.1, 0.15) is 19.0 Å². The molecule has 0 spiro atoms. The Bertz CT molecular complexity index is 589. The van der Waals surface area contributed by atoms with E-state index in [1.807, 2.05) is 42.5 Å². The van der Waals surface area contributed by atoms with Crippen LogP contribution in [-0.4, -0.2) is 20.3 Å². The summed E-state index contributed by atoms with van der Waals surface area (Å²) in [5.41, 5.74) is 6.64. The summed E-state index contributed by atoms with van der Waals surface area (Å²) in [6.45, 7) is 1.39. The topological polar surface area (TPSA) is 53.7 Å². The molecule has 0 bridgehead atoms. The summed E-state index contributed by atoms with van der Waals surface area (Å²) < 4.78 is 17.4. The summed E-state index contributed by atoms with van der Waals surface area (Å²) >= 11 is 3.47. The van der Waals surface area contributed by atoms with E-state index >= 15 is 0 Å². The highest BCUT2D eigenvalue weighted by atomic mass is 79.9. The van der Waals surface area contributed by atoms with E-state index in [4.69, 9.17) is 19.9 Å². The van der Waals surface area contributed by atoms with Crippen molar-refractivity contribution in [2.75, 3.05) is 20.3 Å². The summed E-state index contributed by atoms with van der Waals surface area (Å²) in [7, 11) is 1.62. The third kappa shape index (κ3) is 4.37. The van der Waals surface area contributed by atoms with Crippen molar-refractivity contribution in [3.8, 4) is 17.2 Å². The number of hydrogen-bond acceptors (Lipinski definition) is 4. The van der Waals surface area contributed by atoms with Gasteiger partial charge in [0.25, 0.3) is 0 Å². The molecule has 0 saturated heterocycles. The van der Waals surface area contributed by atoms with Crippen LogP contribution < -0.4 is 19.9 Å². The van der Waals surface area contributed by atoms with Crippen LogP contribution in [0, 0.1) is 0 Å². The maximum absolute atomic E-state index is 5.68. The number of methoxy groups -OCH3 is 1. The van der Waals surface area contributed by atoms with E-state index in [0.29, 0.717) is 31.3 Å². The maximum Gasteiger partial charge on any atom is 0.161 e. The second-order valence-electron chi connectivity index (χ2n) is 4.32. The Kier molecular flexibility index (Phi) is 5.90. The lowest BCUT2D eigenvalue weighted by Crippen LogP contribution is -2.10. The number of halogens is 1. The molecule has 0 amide bonds. The van der Waals surface area contributed by atoms with Crippen LogP contribution in [0.25, 0.3) is 0 Å². The van der Waals surface area contributed by atoms with Gasteiger partial charge in [-0.25, -0.2) is 0 Å². The Hall–Kier alpha value is -1.72. The highest BCUT2D eigenvalue weighted by Crippen LogP contribution is 2.27. The van der Waals surface area contributed by atoms with Crippen molar-refractivity contribution in [1.29, 1.82) is 0 Å². The van der Waals surface area contributed by atoms with Crippen LogP contribution in [0.1, 0.15) is 5.56 Å². The van der Waals surface area contributed by atoms with E-state index in [0.717, 1.165) is 15.8 Å². The first kappa shape index (κ1) is 15.7. The van der Waals surface area contributed by atoms with E-state index in [2.05, 4.69) is 15.9 Å². The molecule has 0 aromatic heterocycles. The molecule has 21 heavy (non-hydrogen) atoms. The molecule has 0 aliphatic carbocycles. The van der Waals surface area contributed by atoms with E-state index in [1.54, 1.807) is 7.11 Å². The first-order chi connectivity index (χ1) is 10.2. The smallest absolute Gasteiger partial charge is 0.161 e. The molecule has 5 heteroatoms. The van der Waals surface area contributed by atoms with Gasteiger partial charge in [-0.2, -0.15) is 0 Å². The quantitative estimate of drug-likeness (QED) is 0.777. The van der Waals surface area contributed by atoms with Crippen LogP contribution in [0.5, 0.6) is 17.2 Å². The zero-order valence-corrected chi connectivity index (χ0v) is 13.4. The van der Waals surface area contributed by atoms with Gasteiger partial charge in [-0.05, 0) is 45.8 Å². The molecular weight excluding hydrogens is 334 g/mol. The average Bonchev–Trinajstić information content (AvgIpc) is 2.53. The Morgan fingerprint density at radius 2 is 1.62 bits per heavy atom. The van der Waals surface area contributed by atoms with Gasteiger partial charge in [0.05, 0.1) is 11.6 Å². The number of benzene rings is 2. The number of hydrogen-bond donors (Lipinski definition) is 1. The molecule has 0 unspecified atom stereocenters. The lowest BCUT2D eigenvalue weighted by atomic mass is 10.2. The molecule has 0 heterocycles. The highest BCUT2D eigenvalue weighted by Gasteiger charge is 2.04. The predicted molar refractivity (Wildman–Crippen MR) is 86.0 cm³/mol. The van der Waals surface area contributed by atoms with Crippen molar-refractivity contribution >= 4 is 15.9 Å². The molecule has 0 atom stereocenters.